The van der Waals surface area contributed by atoms with Crippen LogP contribution in [0.2, 0.25) is 0 Å². The average Bonchev–Trinajstić information content (AvgIpc) is 2.96. The molecule has 0 atom stereocenters. The number of hydrazine groups is 2. The molecule has 21 heavy (non-hydrogen) atoms. The molecule has 0 amide bonds. The minimum atomic E-state index is -3.61. The van der Waals surface area contributed by atoms with E-state index in [9.17, 15) is 8.42 Å². The van der Waals surface area contributed by atoms with Crippen LogP contribution in [0, 0.1) is 6.07 Å². The van der Waals surface area contributed by atoms with Gasteiger partial charge < -0.3 is 0 Å². The Labute approximate surface area is 124 Å². The molecule has 0 saturated heterocycles. The van der Waals surface area contributed by atoms with E-state index < -0.39 is 10.0 Å². The molecule has 1 radical (unpaired) electrons. The molecular formula is C15H14N3O2S. The first kappa shape index (κ1) is 13.8. The summed E-state index contributed by atoms with van der Waals surface area (Å²) in [7, 11) is -3.61. The maximum atomic E-state index is 12.3. The Morgan fingerprint density at radius 3 is 2.48 bits per heavy atom. The Bertz CT molecular complexity index is 730. The number of para-hydroxylation sites is 1. The molecule has 1 heterocycles. The van der Waals surface area contributed by atoms with Gasteiger partial charge in [-0.15, -0.1) is 9.95 Å². The highest BCUT2D eigenvalue weighted by atomic mass is 32.2. The summed E-state index contributed by atoms with van der Waals surface area (Å²) in [5, 5.41) is 3.30. The third kappa shape index (κ3) is 2.97. The number of nitrogens with one attached hydrogen (secondary N) is 1. The summed E-state index contributed by atoms with van der Waals surface area (Å²) in [6.07, 6.45) is 3.71. The lowest BCUT2D eigenvalue weighted by molar-refractivity contribution is 0.284. The van der Waals surface area contributed by atoms with Crippen LogP contribution in [-0.2, 0) is 10.0 Å². The van der Waals surface area contributed by atoms with Gasteiger partial charge in [0.2, 0.25) is 0 Å². The second-order valence-electron chi connectivity index (χ2n) is 4.48. The van der Waals surface area contributed by atoms with Crippen LogP contribution < -0.4 is 9.84 Å². The molecule has 1 aliphatic heterocycles. The van der Waals surface area contributed by atoms with Gasteiger partial charge in [-0.25, -0.2) is 8.42 Å². The Balaban J connectivity index is 1.82. The van der Waals surface area contributed by atoms with Crippen molar-refractivity contribution in [3.63, 3.8) is 0 Å². The molecule has 3 rings (SSSR count). The van der Waals surface area contributed by atoms with Gasteiger partial charge in [-0.2, -0.15) is 0 Å². The van der Waals surface area contributed by atoms with Crippen molar-refractivity contribution < 1.29 is 8.42 Å². The zero-order chi connectivity index (χ0) is 14.7. The number of hydrogen-bond donors (Lipinski definition) is 1. The summed E-state index contributed by atoms with van der Waals surface area (Å²) in [4.78, 5) is 2.78. The van der Waals surface area contributed by atoms with E-state index in [2.05, 4.69) is 10.9 Å². The number of anilines is 1. The van der Waals surface area contributed by atoms with E-state index >= 15 is 0 Å². The minimum Gasteiger partial charge on any atom is -0.267 e. The molecule has 0 aromatic heterocycles. The van der Waals surface area contributed by atoms with Gasteiger partial charge in [0.05, 0.1) is 17.1 Å². The number of rotatable bonds is 4. The summed E-state index contributed by atoms with van der Waals surface area (Å²) in [6.45, 7) is 0.465. The highest BCUT2D eigenvalue weighted by Crippen LogP contribution is 2.20. The lowest BCUT2D eigenvalue weighted by Gasteiger charge is -2.28. The van der Waals surface area contributed by atoms with E-state index in [1.54, 1.807) is 22.3 Å². The standard InChI is InChI=1S/C15H14N3O2S/c19-21(20,15-10-5-2-6-11-15)16-18-13-7-12-17(18)14-8-3-1-4-9-14/h1,3-12,16H,13H2. The second kappa shape index (κ2) is 5.69. The summed E-state index contributed by atoms with van der Waals surface area (Å²) in [5.74, 6) is 0. The van der Waals surface area contributed by atoms with Crippen molar-refractivity contribution in [3.8, 4) is 0 Å². The predicted octanol–water partition coefficient (Wildman–Crippen LogP) is 1.93. The first-order chi connectivity index (χ1) is 10.2. The molecule has 0 unspecified atom stereocenters. The summed E-state index contributed by atoms with van der Waals surface area (Å²) < 4.78 is 24.7. The first-order valence-electron chi connectivity index (χ1n) is 6.44. The molecule has 0 spiro atoms. The lowest BCUT2D eigenvalue weighted by atomic mass is 10.3. The number of benzene rings is 2. The van der Waals surface area contributed by atoms with E-state index in [4.69, 9.17) is 0 Å². The van der Waals surface area contributed by atoms with E-state index in [1.165, 1.54) is 12.1 Å². The molecule has 1 N–H and O–H groups in total. The molecule has 107 valence electrons. The molecule has 0 fully saturated rings. The monoisotopic (exact) mass is 300 g/mol. The van der Waals surface area contributed by atoms with Gasteiger partial charge in [0.25, 0.3) is 10.0 Å². The van der Waals surface area contributed by atoms with E-state index in [0.717, 1.165) is 5.69 Å². The number of hydrogen-bond acceptors (Lipinski definition) is 4. The zero-order valence-corrected chi connectivity index (χ0v) is 12.0. The van der Waals surface area contributed by atoms with Gasteiger partial charge in [0.1, 0.15) is 0 Å². The van der Waals surface area contributed by atoms with Crippen LogP contribution in [0.3, 0.4) is 0 Å². The van der Waals surface area contributed by atoms with Crippen LogP contribution in [-0.4, -0.2) is 20.1 Å². The van der Waals surface area contributed by atoms with Crippen LogP contribution in [0.4, 0.5) is 5.69 Å². The van der Waals surface area contributed by atoms with E-state index in [-0.39, 0.29) is 4.90 Å². The molecule has 1 aliphatic rings. The maximum absolute atomic E-state index is 12.3. The number of sulfonamides is 1. The van der Waals surface area contributed by atoms with Crippen molar-refractivity contribution in [1.29, 1.82) is 0 Å². The molecular weight excluding hydrogens is 286 g/mol. The van der Waals surface area contributed by atoms with Gasteiger partial charge in [-0.1, -0.05) is 30.3 Å². The van der Waals surface area contributed by atoms with Crippen molar-refractivity contribution >= 4 is 15.7 Å². The molecule has 0 aliphatic carbocycles. The Kier molecular flexibility index (Phi) is 3.74. The largest absolute Gasteiger partial charge is 0.267 e. The minimum absolute atomic E-state index is 0.209. The number of nitrogens with zero attached hydrogens (tertiary/aromatic N) is 2. The molecule has 6 heteroatoms. The van der Waals surface area contributed by atoms with Crippen molar-refractivity contribution in [2.45, 2.75) is 4.90 Å². The van der Waals surface area contributed by atoms with Crippen LogP contribution in [0.25, 0.3) is 0 Å². The van der Waals surface area contributed by atoms with Gasteiger partial charge in [-0.05, 0) is 36.4 Å². The molecule has 2 aromatic rings. The van der Waals surface area contributed by atoms with Crippen LogP contribution in [0.15, 0.2) is 71.8 Å². The SMILES string of the molecule is O=S(=O)(NN1CC=CN1c1ccccc1)c1cc[c]cc1. The first-order valence-corrected chi connectivity index (χ1v) is 7.92. The Hall–Kier alpha value is -2.15. The molecule has 2 aromatic carbocycles. The van der Waals surface area contributed by atoms with Gasteiger partial charge >= 0.3 is 0 Å². The normalized spacial score (nSPS) is 15.5. The van der Waals surface area contributed by atoms with E-state index in [0.29, 0.717) is 6.54 Å². The average molecular weight is 300 g/mol. The fraction of sp³-hybridized carbons (Fsp3) is 0.0667. The van der Waals surface area contributed by atoms with Crippen LogP contribution in [0.1, 0.15) is 0 Å². The van der Waals surface area contributed by atoms with Crippen molar-refractivity contribution in [2.75, 3.05) is 11.6 Å². The summed E-state index contributed by atoms with van der Waals surface area (Å²) >= 11 is 0. The quantitative estimate of drug-likeness (QED) is 0.937. The van der Waals surface area contributed by atoms with Crippen LogP contribution >= 0.6 is 0 Å². The van der Waals surface area contributed by atoms with Crippen molar-refractivity contribution in [3.05, 3.63) is 72.9 Å². The zero-order valence-electron chi connectivity index (χ0n) is 11.2. The second-order valence-corrected chi connectivity index (χ2v) is 6.14. The van der Waals surface area contributed by atoms with E-state index in [1.807, 2.05) is 42.6 Å². The Morgan fingerprint density at radius 1 is 1.05 bits per heavy atom. The Morgan fingerprint density at radius 2 is 1.76 bits per heavy atom. The fourth-order valence-corrected chi connectivity index (χ4v) is 3.08. The molecule has 0 bridgehead atoms. The maximum Gasteiger partial charge on any atom is 0.254 e. The highest BCUT2D eigenvalue weighted by molar-refractivity contribution is 7.89. The van der Waals surface area contributed by atoms with Gasteiger partial charge in [-0.3, -0.25) is 5.01 Å². The third-order valence-corrected chi connectivity index (χ3v) is 4.37. The summed E-state index contributed by atoms with van der Waals surface area (Å²) in [6, 6.07) is 18.5. The molecule has 5 nitrogen and oxygen atoms in total. The fourth-order valence-electron chi connectivity index (χ4n) is 2.04. The van der Waals surface area contributed by atoms with Crippen molar-refractivity contribution in [2.24, 2.45) is 0 Å². The van der Waals surface area contributed by atoms with Crippen LogP contribution in [0.5, 0.6) is 0 Å². The predicted molar refractivity (Wildman–Crippen MR) is 80.4 cm³/mol. The van der Waals surface area contributed by atoms with Gasteiger partial charge in [0.15, 0.2) is 0 Å². The van der Waals surface area contributed by atoms with Gasteiger partial charge in [0, 0.05) is 6.20 Å². The van der Waals surface area contributed by atoms with Crippen molar-refractivity contribution in [1.82, 2.24) is 9.95 Å². The third-order valence-electron chi connectivity index (χ3n) is 3.03. The molecule has 0 saturated carbocycles. The lowest BCUT2D eigenvalue weighted by Crippen LogP contribution is -2.48. The summed E-state index contributed by atoms with van der Waals surface area (Å²) in [5.41, 5.74) is 0.885. The smallest absolute Gasteiger partial charge is 0.254 e. The topological polar surface area (TPSA) is 52.7 Å². The highest BCUT2D eigenvalue weighted by Gasteiger charge is 2.24.